The second kappa shape index (κ2) is 6.47. The summed E-state index contributed by atoms with van der Waals surface area (Å²) < 4.78 is 5.86. The predicted octanol–water partition coefficient (Wildman–Crippen LogP) is 2.64. The molecule has 0 bridgehead atoms. The zero-order chi connectivity index (χ0) is 15.6. The van der Waals surface area contributed by atoms with Crippen LogP contribution in [0.4, 0.5) is 0 Å². The van der Waals surface area contributed by atoms with Crippen molar-refractivity contribution in [2.75, 3.05) is 20.2 Å². The van der Waals surface area contributed by atoms with E-state index in [1.165, 1.54) is 0 Å². The number of hydrogen-bond acceptors (Lipinski definition) is 3. The number of carboxylic acids is 1. The van der Waals surface area contributed by atoms with E-state index < -0.39 is 5.97 Å². The van der Waals surface area contributed by atoms with Crippen LogP contribution in [0.5, 0.6) is 5.75 Å². The van der Waals surface area contributed by atoms with Crippen LogP contribution in [-0.2, 0) is 4.79 Å². The van der Waals surface area contributed by atoms with E-state index in [0.717, 1.165) is 0 Å². The molecule has 1 N–H and O–H groups in total. The third-order valence-electron chi connectivity index (χ3n) is 3.91. The second-order valence-corrected chi connectivity index (χ2v) is 6.16. The summed E-state index contributed by atoms with van der Waals surface area (Å²) in [5.41, 5.74) is 0.537. The molecular formula is C15H18BrNO4. The number of nitrogens with zero attached hydrogens (tertiary/aromatic N) is 1. The van der Waals surface area contributed by atoms with Gasteiger partial charge in [0.15, 0.2) is 0 Å². The largest absolute Gasteiger partial charge is 0.497 e. The number of carboxylic acid groups (broad SMARTS) is 1. The minimum absolute atomic E-state index is 0.0513. The summed E-state index contributed by atoms with van der Waals surface area (Å²) in [4.78, 5) is 25.4. The van der Waals surface area contributed by atoms with E-state index in [1.54, 1.807) is 30.2 Å². The van der Waals surface area contributed by atoms with Crippen LogP contribution in [-0.4, -0.2) is 42.1 Å². The highest BCUT2D eigenvalue weighted by Gasteiger charge is 2.33. The Bertz CT molecular complexity index is 561. The molecule has 21 heavy (non-hydrogen) atoms. The van der Waals surface area contributed by atoms with Gasteiger partial charge in [0, 0.05) is 17.6 Å². The van der Waals surface area contributed by atoms with Crippen LogP contribution < -0.4 is 4.74 Å². The zero-order valence-electron chi connectivity index (χ0n) is 12.0. The first-order valence-electron chi connectivity index (χ1n) is 6.79. The van der Waals surface area contributed by atoms with Crippen LogP contribution in [0, 0.1) is 11.8 Å². The Kier molecular flexibility index (Phi) is 4.88. The number of benzene rings is 1. The van der Waals surface area contributed by atoms with Crippen LogP contribution in [0.1, 0.15) is 23.7 Å². The van der Waals surface area contributed by atoms with Crippen molar-refractivity contribution in [3.63, 3.8) is 0 Å². The average Bonchev–Trinajstić information content (AvgIpc) is 2.46. The lowest BCUT2D eigenvalue weighted by atomic mass is 9.87. The molecule has 1 amide bonds. The molecule has 0 aliphatic carbocycles. The van der Waals surface area contributed by atoms with Gasteiger partial charge in [-0.25, -0.2) is 0 Å². The quantitative estimate of drug-likeness (QED) is 0.904. The van der Waals surface area contributed by atoms with E-state index >= 15 is 0 Å². The monoisotopic (exact) mass is 355 g/mol. The zero-order valence-corrected chi connectivity index (χ0v) is 13.6. The first kappa shape index (κ1) is 15.8. The molecule has 1 aromatic rings. The molecule has 1 aromatic carbocycles. The van der Waals surface area contributed by atoms with Crippen LogP contribution in [0.15, 0.2) is 22.7 Å². The number of methoxy groups -OCH3 is 1. The topological polar surface area (TPSA) is 66.8 Å². The summed E-state index contributed by atoms with van der Waals surface area (Å²) in [6, 6.07) is 5.25. The van der Waals surface area contributed by atoms with E-state index in [2.05, 4.69) is 15.9 Å². The summed E-state index contributed by atoms with van der Waals surface area (Å²) in [5, 5.41) is 9.14. The highest BCUT2D eigenvalue weighted by Crippen LogP contribution is 2.28. The molecule has 2 rings (SSSR count). The van der Waals surface area contributed by atoms with Crippen LogP contribution in [0.2, 0.25) is 0 Å². The number of likely N-dealkylation sites (tertiary alicyclic amines) is 1. The van der Waals surface area contributed by atoms with Gasteiger partial charge < -0.3 is 14.7 Å². The summed E-state index contributed by atoms with van der Waals surface area (Å²) in [5.74, 6) is -0.684. The Balaban J connectivity index is 2.16. The van der Waals surface area contributed by atoms with Crippen molar-refractivity contribution in [3.05, 3.63) is 28.2 Å². The van der Waals surface area contributed by atoms with Gasteiger partial charge in [-0.2, -0.15) is 0 Å². The molecule has 114 valence electrons. The fraction of sp³-hybridized carbons (Fsp3) is 0.467. The lowest BCUT2D eigenvalue weighted by molar-refractivity contribution is -0.145. The Morgan fingerprint density at radius 1 is 1.43 bits per heavy atom. The van der Waals surface area contributed by atoms with Crippen molar-refractivity contribution in [1.82, 2.24) is 4.90 Å². The molecule has 2 unspecified atom stereocenters. The summed E-state index contributed by atoms with van der Waals surface area (Å²) in [6.45, 7) is 2.79. The highest BCUT2D eigenvalue weighted by atomic mass is 79.9. The Labute approximate surface area is 132 Å². The number of carbonyl (C=O) groups excluding carboxylic acids is 1. The van der Waals surface area contributed by atoms with Gasteiger partial charge in [0.05, 0.1) is 18.6 Å². The highest BCUT2D eigenvalue weighted by molar-refractivity contribution is 9.10. The molecule has 1 saturated heterocycles. The third-order valence-corrected chi connectivity index (χ3v) is 4.61. The summed E-state index contributed by atoms with van der Waals surface area (Å²) >= 11 is 3.38. The second-order valence-electron chi connectivity index (χ2n) is 5.31. The van der Waals surface area contributed by atoms with Crippen molar-refractivity contribution in [2.24, 2.45) is 11.8 Å². The SMILES string of the molecule is COc1ccc(Br)c(C(=O)N2CCC(C(=O)O)C(C)C2)c1. The number of aliphatic carboxylic acids is 1. The molecule has 0 saturated carbocycles. The van der Waals surface area contributed by atoms with E-state index in [9.17, 15) is 9.59 Å². The summed E-state index contributed by atoms with van der Waals surface area (Å²) in [7, 11) is 1.55. The first-order valence-corrected chi connectivity index (χ1v) is 7.59. The Hall–Kier alpha value is -1.56. The number of halogens is 1. The molecular weight excluding hydrogens is 338 g/mol. The van der Waals surface area contributed by atoms with Gasteiger partial charge in [0.25, 0.3) is 5.91 Å². The van der Waals surface area contributed by atoms with E-state index in [-0.39, 0.29) is 17.7 Å². The number of piperidine rings is 1. The minimum Gasteiger partial charge on any atom is -0.497 e. The first-order chi connectivity index (χ1) is 9.93. The maximum atomic E-state index is 12.6. The Morgan fingerprint density at radius 2 is 2.14 bits per heavy atom. The van der Waals surface area contributed by atoms with Crippen LogP contribution >= 0.6 is 15.9 Å². The number of rotatable bonds is 3. The third kappa shape index (κ3) is 3.37. The van der Waals surface area contributed by atoms with Crippen molar-refractivity contribution in [2.45, 2.75) is 13.3 Å². The molecule has 0 spiro atoms. The minimum atomic E-state index is -0.780. The van der Waals surface area contributed by atoms with E-state index in [4.69, 9.17) is 9.84 Å². The van der Waals surface area contributed by atoms with E-state index in [0.29, 0.717) is 35.3 Å². The maximum absolute atomic E-state index is 12.6. The molecule has 1 aliphatic heterocycles. The molecule has 1 aliphatic rings. The van der Waals surface area contributed by atoms with Crippen LogP contribution in [0.3, 0.4) is 0 Å². The lowest BCUT2D eigenvalue weighted by Crippen LogP contribution is -2.45. The number of carbonyl (C=O) groups is 2. The lowest BCUT2D eigenvalue weighted by Gasteiger charge is -2.35. The van der Waals surface area contributed by atoms with Gasteiger partial charge >= 0.3 is 5.97 Å². The number of hydrogen-bond donors (Lipinski definition) is 1. The van der Waals surface area contributed by atoms with Gasteiger partial charge in [-0.3, -0.25) is 9.59 Å². The van der Waals surface area contributed by atoms with Crippen LogP contribution in [0.25, 0.3) is 0 Å². The van der Waals surface area contributed by atoms with Gasteiger partial charge in [-0.05, 0) is 46.5 Å². The fourth-order valence-electron chi connectivity index (χ4n) is 2.66. The molecule has 0 radical (unpaired) electrons. The van der Waals surface area contributed by atoms with Gasteiger partial charge in [0.1, 0.15) is 5.75 Å². The van der Waals surface area contributed by atoms with E-state index in [1.807, 2.05) is 6.92 Å². The molecule has 1 fully saturated rings. The standard InChI is InChI=1S/C15H18BrNO4/c1-9-8-17(6-5-11(9)15(19)20)14(18)12-7-10(21-2)3-4-13(12)16/h3-4,7,9,11H,5-6,8H2,1-2H3,(H,19,20). The normalized spacial score (nSPS) is 22.0. The molecule has 2 atom stereocenters. The fourth-order valence-corrected chi connectivity index (χ4v) is 3.08. The molecule has 1 heterocycles. The summed E-state index contributed by atoms with van der Waals surface area (Å²) in [6.07, 6.45) is 0.490. The van der Waals surface area contributed by atoms with Gasteiger partial charge in [-0.1, -0.05) is 6.92 Å². The average molecular weight is 356 g/mol. The smallest absolute Gasteiger partial charge is 0.306 e. The van der Waals surface area contributed by atoms with Crippen molar-refractivity contribution in [3.8, 4) is 5.75 Å². The van der Waals surface area contributed by atoms with Crippen molar-refractivity contribution >= 4 is 27.8 Å². The van der Waals surface area contributed by atoms with Gasteiger partial charge in [-0.15, -0.1) is 0 Å². The predicted molar refractivity (Wildman–Crippen MR) is 81.5 cm³/mol. The number of amides is 1. The van der Waals surface area contributed by atoms with Crippen molar-refractivity contribution < 1.29 is 19.4 Å². The van der Waals surface area contributed by atoms with Crippen molar-refractivity contribution in [1.29, 1.82) is 0 Å². The molecule has 6 heteroatoms. The molecule has 5 nitrogen and oxygen atoms in total. The molecule has 0 aromatic heterocycles. The maximum Gasteiger partial charge on any atom is 0.306 e. The number of ether oxygens (including phenoxy) is 1. The van der Waals surface area contributed by atoms with Gasteiger partial charge in [0.2, 0.25) is 0 Å². The Morgan fingerprint density at radius 3 is 2.71 bits per heavy atom.